The molecular weight excluding hydrogens is 226 g/mol. The third-order valence-electron chi connectivity index (χ3n) is 3.46. The van der Waals surface area contributed by atoms with Gasteiger partial charge in [0.25, 0.3) is 0 Å². The van der Waals surface area contributed by atoms with Gasteiger partial charge in [-0.2, -0.15) is 0 Å². The summed E-state index contributed by atoms with van der Waals surface area (Å²) in [4.78, 5) is 34.9. The van der Waals surface area contributed by atoms with Crippen LogP contribution in [0.1, 0.15) is 26.2 Å². The van der Waals surface area contributed by atoms with Gasteiger partial charge in [0.15, 0.2) is 0 Å². The molecule has 94 valence electrons. The first kappa shape index (κ1) is 11.9. The Morgan fingerprint density at radius 1 is 1.53 bits per heavy atom. The Balaban J connectivity index is 2.11. The topological polar surface area (TPSA) is 83.9 Å². The SMILES string of the molecule is CCOC(=O)C1CC2(CC(=O)C2)CN1C(=O)O. The van der Waals surface area contributed by atoms with Crippen molar-refractivity contribution >= 4 is 17.8 Å². The van der Waals surface area contributed by atoms with E-state index in [0.717, 1.165) is 4.90 Å². The van der Waals surface area contributed by atoms with Gasteiger partial charge in [-0.25, -0.2) is 9.59 Å². The number of likely N-dealkylation sites (tertiary alicyclic amines) is 1. The molecule has 1 N–H and O–H groups in total. The summed E-state index contributed by atoms with van der Waals surface area (Å²) in [5, 5.41) is 9.05. The molecule has 0 aromatic heterocycles. The molecule has 1 aliphatic heterocycles. The van der Waals surface area contributed by atoms with Gasteiger partial charge in [0, 0.05) is 24.8 Å². The van der Waals surface area contributed by atoms with Crippen molar-refractivity contribution in [3.8, 4) is 0 Å². The Morgan fingerprint density at radius 2 is 2.18 bits per heavy atom. The third kappa shape index (κ3) is 1.99. The second-order valence-corrected chi connectivity index (χ2v) is 4.77. The molecule has 1 aliphatic carbocycles. The fourth-order valence-corrected chi connectivity index (χ4v) is 2.75. The molecule has 2 fully saturated rings. The molecule has 1 atom stereocenters. The van der Waals surface area contributed by atoms with E-state index in [2.05, 4.69) is 0 Å². The van der Waals surface area contributed by atoms with Gasteiger partial charge in [-0.3, -0.25) is 9.69 Å². The molecule has 1 saturated heterocycles. The summed E-state index contributed by atoms with van der Waals surface area (Å²) in [6, 6.07) is -0.749. The first-order valence-electron chi connectivity index (χ1n) is 5.65. The molecule has 0 radical (unpaired) electrons. The molecule has 1 heterocycles. The number of nitrogens with zero attached hydrogens (tertiary/aromatic N) is 1. The third-order valence-corrected chi connectivity index (χ3v) is 3.46. The van der Waals surface area contributed by atoms with Crippen LogP contribution in [0.25, 0.3) is 0 Å². The molecule has 0 aromatic carbocycles. The smallest absolute Gasteiger partial charge is 0.408 e. The Labute approximate surface area is 98.5 Å². The summed E-state index contributed by atoms with van der Waals surface area (Å²) in [5.74, 6) is -0.369. The second kappa shape index (κ2) is 4.01. The van der Waals surface area contributed by atoms with Crippen molar-refractivity contribution in [2.24, 2.45) is 5.41 Å². The maximum absolute atomic E-state index is 11.7. The number of Topliss-reactive ketones (excluding diaryl/α,β-unsaturated/α-hetero) is 1. The molecule has 17 heavy (non-hydrogen) atoms. The highest BCUT2D eigenvalue weighted by molar-refractivity contribution is 5.88. The highest BCUT2D eigenvalue weighted by Crippen LogP contribution is 2.48. The average molecular weight is 241 g/mol. The Bertz CT molecular complexity index is 370. The standard InChI is InChI=1S/C11H15NO5/c1-2-17-9(14)8-5-11(3-7(13)4-11)6-12(8)10(15)16/h8H,2-6H2,1H3,(H,15,16). The summed E-state index contributed by atoms with van der Waals surface area (Å²) in [7, 11) is 0. The van der Waals surface area contributed by atoms with E-state index in [9.17, 15) is 14.4 Å². The van der Waals surface area contributed by atoms with Gasteiger partial charge < -0.3 is 9.84 Å². The largest absolute Gasteiger partial charge is 0.465 e. The lowest BCUT2D eigenvalue weighted by atomic mass is 9.66. The zero-order valence-corrected chi connectivity index (χ0v) is 9.64. The monoisotopic (exact) mass is 241 g/mol. The predicted octanol–water partition coefficient (Wildman–Crippen LogP) is 0.651. The lowest BCUT2D eigenvalue weighted by Crippen LogP contribution is -2.42. The fraction of sp³-hybridized carbons (Fsp3) is 0.727. The Kier molecular flexibility index (Phi) is 2.81. The van der Waals surface area contributed by atoms with Crippen LogP contribution in [0, 0.1) is 5.41 Å². The minimum atomic E-state index is -1.13. The number of carbonyl (C=O) groups is 3. The maximum Gasteiger partial charge on any atom is 0.408 e. The van der Waals surface area contributed by atoms with Crippen LogP contribution in [0.15, 0.2) is 0 Å². The highest BCUT2D eigenvalue weighted by atomic mass is 16.5. The average Bonchev–Trinajstić information content (AvgIpc) is 2.58. The van der Waals surface area contributed by atoms with Crippen molar-refractivity contribution in [1.82, 2.24) is 4.90 Å². The van der Waals surface area contributed by atoms with Gasteiger partial charge in [-0.15, -0.1) is 0 Å². The lowest BCUT2D eigenvalue weighted by Gasteiger charge is -2.35. The minimum Gasteiger partial charge on any atom is -0.465 e. The highest BCUT2D eigenvalue weighted by Gasteiger charge is 2.55. The molecular formula is C11H15NO5. The number of hydrogen-bond donors (Lipinski definition) is 1. The summed E-state index contributed by atoms with van der Waals surface area (Å²) < 4.78 is 4.87. The number of carboxylic acid groups (broad SMARTS) is 1. The van der Waals surface area contributed by atoms with Crippen LogP contribution >= 0.6 is 0 Å². The Morgan fingerprint density at radius 3 is 2.65 bits per heavy atom. The summed E-state index contributed by atoms with van der Waals surface area (Å²) in [5.41, 5.74) is -0.313. The van der Waals surface area contributed by atoms with Crippen LogP contribution in [0.5, 0.6) is 0 Å². The number of ether oxygens (including phenoxy) is 1. The van der Waals surface area contributed by atoms with Crippen LogP contribution in [-0.4, -0.2) is 47.0 Å². The molecule has 6 heteroatoms. The number of carbonyl (C=O) groups excluding carboxylic acids is 2. The van der Waals surface area contributed by atoms with Crippen LogP contribution in [0.2, 0.25) is 0 Å². The zero-order chi connectivity index (χ0) is 12.6. The molecule has 1 saturated carbocycles. The Hall–Kier alpha value is -1.59. The van der Waals surface area contributed by atoms with E-state index in [1.807, 2.05) is 0 Å². The molecule has 0 aromatic rings. The number of esters is 1. The van der Waals surface area contributed by atoms with E-state index < -0.39 is 18.1 Å². The van der Waals surface area contributed by atoms with Gasteiger partial charge in [0.1, 0.15) is 11.8 Å². The zero-order valence-electron chi connectivity index (χ0n) is 9.64. The summed E-state index contributed by atoms with van der Waals surface area (Å²) >= 11 is 0. The van der Waals surface area contributed by atoms with Crippen molar-refractivity contribution in [2.45, 2.75) is 32.2 Å². The van der Waals surface area contributed by atoms with Crippen LogP contribution in [0.3, 0.4) is 0 Å². The fourth-order valence-electron chi connectivity index (χ4n) is 2.75. The normalized spacial score (nSPS) is 25.8. The van der Waals surface area contributed by atoms with Gasteiger partial charge in [-0.1, -0.05) is 0 Å². The lowest BCUT2D eigenvalue weighted by molar-refractivity contribution is -0.148. The molecule has 2 aliphatic rings. The number of rotatable bonds is 2. The van der Waals surface area contributed by atoms with Crippen LogP contribution in [0.4, 0.5) is 4.79 Å². The van der Waals surface area contributed by atoms with Crippen LogP contribution in [-0.2, 0) is 14.3 Å². The van der Waals surface area contributed by atoms with Crippen LogP contribution < -0.4 is 0 Å². The van der Waals surface area contributed by atoms with E-state index in [1.165, 1.54) is 0 Å². The van der Waals surface area contributed by atoms with Gasteiger partial charge in [-0.05, 0) is 13.3 Å². The van der Waals surface area contributed by atoms with Gasteiger partial charge in [0.2, 0.25) is 0 Å². The molecule has 1 amide bonds. The van der Waals surface area contributed by atoms with E-state index in [0.29, 0.717) is 19.3 Å². The molecule has 6 nitrogen and oxygen atoms in total. The van der Waals surface area contributed by atoms with Crippen molar-refractivity contribution in [3.05, 3.63) is 0 Å². The van der Waals surface area contributed by atoms with Crippen molar-refractivity contribution in [3.63, 3.8) is 0 Å². The van der Waals surface area contributed by atoms with Crippen molar-refractivity contribution < 1.29 is 24.2 Å². The molecule has 0 bridgehead atoms. The summed E-state index contributed by atoms with van der Waals surface area (Å²) in [6.45, 7) is 2.17. The van der Waals surface area contributed by atoms with E-state index in [4.69, 9.17) is 9.84 Å². The first-order valence-corrected chi connectivity index (χ1v) is 5.65. The number of hydrogen-bond acceptors (Lipinski definition) is 4. The molecule has 2 rings (SSSR count). The number of amides is 1. The number of ketones is 1. The van der Waals surface area contributed by atoms with E-state index >= 15 is 0 Å². The first-order chi connectivity index (χ1) is 7.97. The molecule has 1 unspecified atom stereocenters. The maximum atomic E-state index is 11.7. The predicted molar refractivity (Wildman–Crippen MR) is 56.4 cm³/mol. The second-order valence-electron chi connectivity index (χ2n) is 4.77. The quantitative estimate of drug-likeness (QED) is 0.717. The minimum absolute atomic E-state index is 0.139. The van der Waals surface area contributed by atoms with Gasteiger partial charge >= 0.3 is 12.1 Å². The molecule has 1 spiro atoms. The van der Waals surface area contributed by atoms with E-state index in [1.54, 1.807) is 6.92 Å². The van der Waals surface area contributed by atoms with Crippen molar-refractivity contribution in [2.75, 3.05) is 13.2 Å². The van der Waals surface area contributed by atoms with E-state index in [-0.39, 0.29) is 24.3 Å². The summed E-state index contributed by atoms with van der Waals surface area (Å²) in [6.07, 6.45) is 0.0442. The van der Waals surface area contributed by atoms with Gasteiger partial charge in [0.05, 0.1) is 6.61 Å². The van der Waals surface area contributed by atoms with Crippen molar-refractivity contribution in [1.29, 1.82) is 0 Å².